The molecule has 3 N–H and O–H groups in total. The number of nitrogens with zero attached hydrogens (tertiary/aromatic N) is 4. The molecule has 12 heteroatoms. The molecule has 3 amide bonds. The van der Waals surface area contributed by atoms with Gasteiger partial charge in [0.2, 0.25) is 11.8 Å². The minimum absolute atomic E-state index is 0.00253. The van der Waals surface area contributed by atoms with Gasteiger partial charge in [-0.3, -0.25) is 14.4 Å². The standard InChI is InChI=1S/C28H36N6O6/c1-18(2)17-40-22-13-8-11-19-25(22)33(5)23(29-19)16-34-15-9-12-21(27(34)37)30-26(36)20(31-28(38)39)10-6-7-14-24(35)32(3)4/h7-9,11-15,18,20,31H,6,10,16-17H2,1-5H3,(H,30,36)(H,38,39)/b14-7+. The molecule has 3 aromatic rings. The van der Waals surface area contributed by atoms with E-state index in [0.717, 1.165) is 11.0 Å². The Labute approximate surface area is 232 Å². The zero-order valence-corrected chi connectivity index (χ0v) is 23.4. The third-order valence-electron chi connectivity index (χ3n) is 6.05. The lowest BCUT2D eigenvalue weighted by Crippen LogP contribution is -2.44. The van der Waals surface area contributed by atoms with Crippen molar-refractivity contribution >= 4 is 34.6 Å². The lowest BCUT2D eigenvalue weighted by molar-refractivity contribution is -0.123. The smallest absolute Gasteiger partial charge is 0.405 e. The number of pyridine rings is 1. The number of hydrogen-bond donors (Lipinski definition) is 3. The van der Waals surface area contributed by atoms with E-state index in [0.29, 0.717) is 24.1 Å². The average Bonchev–Trinajstić information content (AvgIpc) is 3.21. The van der Waals surface area contributed by atoms with Gasteiger partial charge < -0.3 is 34.5 Å². The molecule has 0 saturated heterocycles. The molecule has 2 heterocycles. The molecular formula is C28H36N6O6. The number of allylic oxidation sites excluding steroid dienone is 1. The van der Waals surface area contributed by atoms with Crippen molar-refractivity contribution < 1.29 is 24.2 Å². The fourth-order valence-electron chi connectivity index (χ4n) is 3.94. The second-order valence-electron chi connectivity index (χ2n) is 9.97. The van der Waals surface area contributed by atoms with Crippen LogP contribution in [0.15, 0.2) is 53.5 Å². The number of para-hydroxylation sites is 1. The fourth-order valence-corrected chi connectivity index (χ4v) is 3.94. The first-order valence-electron chi connectivity index (χ1n) is 12.9. The number of amides is 3. The maximum Gasteiger partial charge on any atom is 0.405 e. The number of rotatable bonds is 12. The fraction of sp³-hybridized carbons (Fsp3) is 0.393. The summed E-state index contributed by atoms with van der Waals surface area (Å²) < 4.78 is 9.27. The summed E-state index contributed by atoms with van der Waals surface area (Å²) in [6.07, 6.45) is 3.50. The highest BCUT2D eigenvalue weighted by Crippen LogP contribution is 2.26. The number of imidazole rings is 1. The first-order chi connectivity index (χ1) is 19.0. The first-order valence-corrected chi connectivity index (χ1v) is 12.9. The lowest BCUT2D eigenvalue weighted by Gasteiger charge is -2.16. The van der Waals surface area contributed by atoms with Crippen LogP contribution in [0.4, 0.5) is 10.5 Å². The van der Waals surface area contributed by atoms with Crippen molar-refractivity contribution in [1.82, 2.24) is 24.3 Å². The van der Waals surface area contributed by atoms with Crippen LogP contribution in [0.25, 0.3) is 11.0 Å². The van der Waals surface area contributed by atoms with Crippen molar-refractivity contribution in [2.24, 2.45) is 13.0 Å². The van der Waals surface area contributed by atoms with Crippen molar-refractivity contribution in [3.8, 4) is 5.75 Å². The molecule has 40 heavy (non-hydrogen) atoms. The monoisotopic (exact) mass is 552 g/mol. The number of benzene rings is 1. The van der Waals surface area contributed by atoms with E-state index in [2.05, 4.69) is 29.5 Å². The summed E-state index contributed by atoms with van der Waals surface area (Å²) >= 11 is 0. The molecule has 0 radical (unpaired) electrons. The number of carboxylic acid groups (broad SMARTS) is 1. The zero-order chi connectivity index (χ0) is 29.4. The number of carbonyl (C=O) groups is 3. The Morgan fingerprint density at radius 3 is 2.60 bits per heavy atom. The SMILES string of the molecule is CC(C)COc1cccc2nc(Cn3cccc(NC(=O)C(CC/C=C/C(=O)N(C)C)NC(=O)O)c3=O)n(C)c12. The van der Waals surface area contributed by atoms with Gasteiger partial charge in [-0.2, -0.15) is 0 Å². The van der Waals surface area contributed by atoms with E-state index in [1.807, 2.05) is 29.8 Å². The zero-order valence-electron chi connectivity index (χ0n) is 23.4. The Hall–Kier alpha value is -4.61. The number of anilines is 1. The molecule has 3 rings (SSSR count). The summed E-state index contributed by atoms with van der Waals surface area (Å²) in [6, 6.07) is 7.57. The largest absolute Gasteiger partial charge is 0.491 e. The summed E-state index contributed by atoms with van der Waals surface area (Å²) in [5, 5.41) is 13.9. The molecule has 12 nitrogen and oxygen atoms in total. The molecule has 1 aromatic carbocycles. The van der Waals surface area contributed by atoms with Gasteiger partial charge in [-0.1, -0.05) is 26.0 Å². The molecule has 0 aliphatic rings. The van der Waals surface area contributed by atoms with Crippen LogP contribution in [0.2, 0.25) is 0 Å². The van der Waals surface area contributed by atoms with Gasteiger partial charge in [-0.15, -0.1) is 0 Å². The lowest BCUT2D eigenvalue weighted by atomic mass is 10.1. The molecule has 1 unspecified atom stereocenters. The topological polar surface area (TPSA) is 148 Å². The van der Waals surface area contributed by atoms with Crippen LogP contribution in [0.5, 0.6) is 5.75 Å². The minimum Gasteiger partial charge on any atom is -0.491 e. The summed E-state index contributed by atoms with van der Waals surface area (Å²) in [5.41, 5.74) is 1.09. The normalized spacial score (nSPS) is 12.1. The predicted octanol–water partition coefficient (Wildman–Crippen LogP) is 2.82. The molecule has 0 fully saturated rings. The molecule has 0 aliphatic carbocycles. The van der Waals surface area contributed by atoms with Crippen molar-refractivity contribution in [1.29, 1.82) is 0 Å². The van der Waals surface area contributed by atoms with Crippen LogP contribution in [0, 0.1) is 5.92 Å². The molecule has 0 aliphatic heterocycles. The highest BCUT2D eigenvalue weighted by atomic mass is 16.5. The molecule has 2 aromatic heterocycles. The summed E-state index contributed by atoms with van der Waals surface area (Å²) in [5.74, 6) is 0.772. The molecular weight excluding hydrogens is 516 g/mol. The van der Waals surface area contributed by atoms with Gasteiger partial charge in [0.15, 0.2) is 0 Å². The van der Waals surface area contributed by atoms with E-state index in [-0.39, 0.29) is 31.0 Å². The van der Waals surface area contributed by atoms with Gasteiger partial charge >= 0.3 is 6.09 Å². The van der Waals surface area contributed by atoms with Crippen LogP contribution >= 0.6 is 0 Å². The van der Waals surface area contributed by atoms with E-state index in [4.69, 9.17) is 4.74 Å². The Morgan fingerprint density at radius 2 is 1.93 bits per heavy atom. The highest BCUT2D eigenvalue weighted by Gasteiger charge is 2.21. The van der Waals surface area contributed by atoms with Crippen LogP contribution in [-0.2, 0) is 23.2 Å². The van der Waals surface area contributed by atoms with E-state index < -0.39 is 23.6 Å². The minimum atomic E-state index is -1.38. The molecule has 1 atom stereocenters. The number of aromatic nitrogens is 3. The average molecular weight is 553 g/mol. The van der Waals surface area contributed by atoms with Crippen molar-refractivity contribution in [2.45, 2.75) is 39.3 Å². The van der Waals surface area contributed by atoms with E-state index in [9.17, 15) is 24.3 Å². The van der Waals surface area contributed by atoms with Crippen molar-refractivity contribution in [3.05, 3.63) is 64.9 Å². The number of likely N-dealkylation sites (N-methyl/N-ethyl adjacent to an activating group) is 1. The molecule has 0 spiro atoms. The van der Waals surface area contributed by atoms with Gasteiger partial charge in [0.1, 0.15) is 28.8 Å². The third kappa shape index (κ3) is 7.71. The number of hydrogen-bond acceptors (Lipinski definition) is 6. The Bertz CT molecular complexity index is 1460. The number of fused-ring (bicyclic) bond motifs is 1. The maximum atomic E-state index is 13.2. The van der Waals surface area contributed by atoms with Crippen molar-refractivity contribution in [2.75, 3.05) is 26.0 Å². The second-order valence-corrected chi connectivity index (χ2v) is 9.97. The maximum absolute atomic E-state index is 13.2. The first kappa shape index (κ1) is 29.9. The van der Waals surface area contributed by atoms with Crippen LogP contribution in [-0.4, -0.2) is 68.8 Å². The van der Waals surface area contributed by atoms with E-state index >= 15 is 0 Å². The number of carbonyl (C=O) groups excluding carboxylic acids is 2. The van der Waals surface area contributed by atoms with Gasteiger partial charge in [0, 0.05) is 27.3 Å². The molecule has 214 valence electrons. The van der Waals surface area contributed by atoms with E-state index in [1.165, 1.54) is 21.6 Å². The van der Waals surface area contributed by atoms with Crippen LogP contribution < -0.4 is 20.9 Å². The summed E-state index contributed by atoms with van der Waals surface area (Å²) in [7, 11) is 5.07. The Kier molecular flexibility index (Phi) is 10.1. The van der Waals surface area contributed by atoms with Gasteiger partial charge in [-0.05, 0) is 49.1 Å². The summed E-state index contributed by atoms with van der Waals surface area (Å²) in [6.45, 7) is 4.83. The van der Waals surface area contributed by atoms with Gasteiger partial charge in [0.25, 0.3) is 5.56 Å². The summed E-state index contributed by atoms with van der Waals surface area (Å²) in [4.78, 5) is 55.2. The Balaban J connectivity index is 1.78. The number of aryl methyl sites for hydroxylation is 1. The van der Waals surface area contributed by atoms with Gasteiger partial charge in [-0.25, -0.2) is 9.78 Å². The quantitative estimate of drug-likeness (QED) is 0.293. The van der Waals surface area contributed by atoms with Gasteiger partial charge in [0.05, 0.1) is 18.7 Å². The van der Waals surface area contributed by atoms with Crippen LogP contribution in [0.3, 0.4) is 0 Å². The molecule has 0 saturated carbocycles. The number of ether oxygens (including phenoxy) is 1. The Morgan fingerprint density at radius 1 is 1.18 bits per heavy atom. The third-order valence-corrected chi connectivity index (χ3v) is 6.05. The van der Waals surface area contributed by atoms with E-state index in [1.54, 1.807) is 32.4 Å². The molecule has 0 bridgehead atoms. The second kappa shape index (κ2) is 13.5. The van der Waals surface area contributed by atoms with Crippen molar-refractivity contribution in [3.63, 3.8) is 0 Å². The number of nitrogens with one attached hydrogen (secondary N) is 2. The van der Waals surface area contributed by atoms with Crippen LogP contribution in [0.1, 0.15) is 32.5 Å². The predicted molar refractivity (Wildman–Crippen MR) is 151 cm³/mol. The highest BCUT2D eigenvalue weighted by molar-refractivity contribution is 5.96.